The summed E-state index contributed by atoms with van der Waals surface area (Å²) >= 11 is 0. The Bertz CT molecular complexity index is 637. The van der Waals surface area contributed by atoms with Crippen LogP contribution in [0.1, 0.15) is 15.9 Å². The van der Waals surface area contributed by atoms with E-state index in [0.29, 0.717) is 18.8 Å². The number of carbonyl (C=O) groups is 1. The lowest BCUT2D eigenvalue weighted by Crippen LogP contribution is -2.40. The lowest BCUT2D eigenvalue weighted by atomic mass is 9.99. The molecule has 0 aromatic heterocycles. The van der Waals surface area contributed by atoms with E-state index in [-0.39, 0.29) is 5.91 Å². The van der Waals surface area contributed by atoms with E-state index in [9.17, 15) is 4.79 Å². The van der Waals surface area contributed by atoms with Crippen LogP contribution >= 0.6 is 0 Å². The maximum atomic E-state index is 12.4. The van der Waals surface area contributed by atoms with Gasteiger partial charge in [0.2, 0.25) is 0 Å². The van der Waals surface area contributed by atoms with Crippen LogP contribution in [0.5, 0.6) is 5.75 Å². The quantitative estimate of drug-likeness (QED) is 0.876. The van der Waals surface area contributed by atoms with Gasteiger partial charge in [0.15, 0.2) is 0 Å². The van der Waals surface area contributed by atoms with Crippen molar-refractivity contribution >= 4 is 11.6 Å². The first-order valence-corrected chi connectivity index (χ1v) is 7.09. The fourth-order valence-electron chi connectivity index (χ4n) is 2.53. The summed E-state index contributed by atoms with van der Waals surface area (Å²) in [4.78, 5) is 14.2. The van der Waals surface area contributed by atoms with Crippen molar-refractivity contribution in [2.24, 2.45) is 0 Å². The molecule has 0 atom stereocenters. The summed E-state index contributed by atoms with van der Waals surface area (Å²) in [5.74, 6) is 0.867. The van der Waals surface area contributed by atoms with Crippen molar-refractivity contribution < 1.29 is 9.53 Å². The molecule has 1 aliphatic rings. The van der Waals surface area contributed by atoms with Gasteiger partial charge in [-0.05, 0) is 42.3 Å². The molecule has 3 rings (SSSR count). The largest absolute Gasteiger partial charge is 0.492 e. The molecular formula is C17H18N2O2. The highest BCUT2D eigenvalue weighted by molar-refractivity contribution is 5.96. The number of hydrogen-bond donors (Lipinski definition) is 1. The van der Waals surface area contributed by atoms with Crippen LogP contribution in [0.4, 0.5) is 5.69 Å². The van der Waals surface area contributed by atoms with Crippen molar-refractivity contribution in [3.63, 3.8) is 0 Å². The summed E-state index contributed by atoms with van der Waals surface area (Å²) < 4.78 is 5.65. The molecule has 0 unspecified atom stereocenters. The highest BCUT2D eigenvalue weighted by Crippen LogP contribution is 2.18. The summed E-state index contributed by atoms with van der Waals surface area (Å²) in [6, 6.07) is 15.1. The number of nitrogens with two attached hydrogens (primary N) is 1. The summed E-state index contributed by atoms with van der Waals surface area (Å²) in [5.41, 5.74) is 8.29. The molecule has 0 fully saturated rings. The number of hydrogen-bond acceptors (Lipinski definition) is 3. The third-order valence-corrected chi connectivity index (χ3v) is 3.70. The van der Waals surface area contributed by atoms with Gasteiger partial charge in [-0.2, -0.15) is 0 Å². The average Bonchev–Trinajstić information content (AvgIpc) is 2.52. The van der Waals surface area contributed by atoms with Gasteiger partial charge in [-0.25, -0.2) is 0 Å². The van der Waals surface area contributed by atoms with Gasteiger partial charge in [-0.1, -0.05) is 18.2 Å². The fourth-order valence-corrected chi connectivity index (χ4v) is 2.53. The summed E-state index contributed by atoms with van der Waals surface area (Å²) in [6.07, 6.45) is 0.907. The van der Waals surface area contributed by atoms with E-state index in [1.54, 1.807) is 12.1 Å². The molecule has 0 radical (unpaired) electrons. The van der Waals surface area contributed by atoms with Crippen molar-refractivity contribution in [3.8, 4) is 5.75 Å². The third kappa shape index (κ3) is 2.99. The normalized spacial score (nSPS) is 13.9. The van der Waals surface area contributed by atoms with Crippen molar-refractivity contribution in [1.82, 2.24) is 4.90 Å². The standard InChI is InChI=1S/C17H18N2O2/c18-14-5-7-15(8-6-14)21-12-11-19-10-9-13-3-1-2-4-16(13)17(19)20/h1-8H,9-12,18H2. The van der Waals surface area contributed by atoms with E-state index in [4.69, 9.17) is 10.5 Å². The van der Waals surface area contributed by atoms with Crippen molar-refractivity contribution in [2.75, 3.05) is 25.4 Å². The first-order valence-electron chi connectivity index (χ1n) is 7.09. The van der Waals surface area contributed by atoms with E-state index in [1.165, 1.54) is 0 Å². The number of ether oxygens (including phenoxy) is 1. The van der Waals surface area contributed by atoms with Crippen molar-refractivity contribution in [3.05, 3.63) is 59.7 Å². The van der Waals surface area contributed by atoms with E-state index in [0.717, 1.165) is 29.8 Å². The number of rotatable bonds is 4. The molecule has 1 heterocycles. The maximum Gasteiger partial charge on any atom is 0.254 e. The number of benzene rings is 2. The van der Waals surface area contributed by atoms with Gasteiger partial charge in [0.25, 0.3) is 5.91 Å². The molecule has 0 saturated heterocycles. The van der Waals surface area contributed by atoms with Gasteiger partial charge in [0.1, 0.15) is 12.4 Å². The van der Waals surface area contributed by atoms with Crippen LogP contribution in [-0.4, -0.2) is 30.5 Å². The van der Waals surface area contributed by atoms with E-state index in [1.807, 2.05) is 41.3 Å². The van der Waals surface area contributed by atoms with Crippen LogP contribution in [0.3, 0.4) is 0 Å². The van der Waals surface area contributed by atoms with Gasteiger partial charge < -0.3 is 15.4 Å². The highest BCUT2D eigenvalue weighted by Gasteiger charge is 2.23. The summed E-state index contributed by atoms with van der Waals surface area (Å²) in [7, 11) is 0. The second kappa shape index (κ2) is 5.87. The molecule has 108 valence electrons. The molecule has 2 N–H and O–H groups in total. The monoisotopic (exact) mass is 282 g/mol. The zero-order chi connectivity index (χ0) is 14.7. The lowest BCUT2D eigenvalue weighted by molar-refractivity contribution is 0.0713. The first kappa shape index (κ1) is 13.5. The Labute approximate surface area is 124 Å². The smallest absolute Gasteiger partial charge is 0.254 e. The van der Waals surface area contributed by atoms with Gasteiger partial charge in [-0.3, -0.25) is 4.79 Å². The van der Waals surface area contributed by atoms with Gasteiger partial charge in [0, 0.05) is 17.8 Å². The van der Waals surface area contributed by atoms with Crippen LogP contribution in [0, 0.1) is 0 Å². The molecule has 1 aliphatic heterocycles. The molecule has 0 saturated carbocycles. The number of nitrogen functional groups attached to an aromatic ring is 1. The number of fused-ring (bicyclic) bond motifs is 1. The average molecular weight is 282 g/mol. The molecule has 4 heteroatoms. The molecule has 0 spiro atoms. The molecule has 2 aromatic carbocycles. The Hall–Kier alpha value is -2.49. The SMILES string of the molecule is Nc1ccc(OCCN2CCc3ccccc3C2=O)cc1. The summed E-state index contributed by atoms with van der Waals surface area (Å²) in [5, 5.41) is 0. The highest BCUT2D eigenvalue weighted by atomic mass is 16.5. The van der Waals surface area contributed by atoms with Gasteiger partial charge >= 0.3 is 0 Å². The number of carbonyl (C=O) groups excluding carboxylic acids is 1. The van der Waals surface area contributed by atoms with Crippen LogP contribution < -0.4 is 10.5 Å². The second-order valence-corrected chi connectivity index (χ2v) is 5.12. The van der Waals surface area contributed by atoms with Crippen molar-refractivity contribution in [2.45, 2.75) is 6.42 Å². The second-order valence-electron chi connectivity index (χ2n) is 5.12. The zero-order valence-electron chi connectivity index (χ0n) is 11.8. The molecular weight excluding hydrogens is 264 g/mol. The van der Waals surface area contributed by atoms with Gasteiger partial charge in [0.05, 0.1) is 6.54 Å². The van der Waals surface area contributed by atoms with E-state index < -0.39 is 0 Å². The van der Waals surface area contributed by atoms with Crippen LogP contribution in [0.25, 0.3) is 0 Å². The fraction of sp³-hybridized carbons (Fsp3) is 0.235. The molecule has 4 nitrogen and oxygen atoms in total. The molecule has 0 aliphatic carbocycles. The van der Waals surface area contributed by atoms with Crippen LogP contribution in [-0.2, 0) is 6.42 Å². The summed E-state index contributed by atoms with van der Waals surface area (Å²) in [6.45, 7) is 1.83. The number of anilines is 1. The predicted octanol–water partition coefficient (Wildman–Crippen LogP) is 2.35. The first-order chi connectivity index (χ1) is 10.2. The lowest BCUT2D eigenvalue weighted by Gasteiger charge is -2.28. The van der Waals surface area contributed by atoms with E-state index >= 15 is 0 Å². The Morgan fingerprint density at radius 1 is 1.10 bits per heavy atom. The van der Waals surface area contributed by atoms with E-state index in [2.05, 4.69) is 0 Å². The molecule has 2 aromatic rings. The minimum Gasteiger partial charge on any atom is -0.492 e. The van der Waals surface area contributed by atoms with Crippen LogP contribution in [0.15, 0.2) is 48.5 Å². The van der Waals surface area contributed by atoms with Gasteiger partial charge in [-0.15, -0.1) is 0 Å². The van der Waals surface area contributed by atoms with Crippen molar-refractivity contribution in [1.29, 1.82) is 0 Å². The Kier molecular flexibility index (Phi) is 3.77. The maximum absolute atomic E-state index is 12.4. The third-order valence-electron chi connectivity index (χ3n) is 3.70. The Morgan fingerprint density at radius 2 is 1.86 bits per heavy atom. The number of amides is 1. The molecule has 1 amide bonds. The molecule has 0 bridgehead atoms. The molecule has 21 heavy (non-hydrogen) atoms. The Morgan fingerprint density at radius 3 is 2.67 bits per heavy atom. The zero-order valence-corrected chi connectivity index (χ0v) is 11.8. The number of nitrogens with zero attached hydrogens (tertiary/aromatic N) is 1. The predicted molar refractivity (Wildman–Crippen MR) is 82.4 cm³/mol. The minimum absolute atomic E-state index is 0.0951. The minimum atomic E-state index is 0.0951. The van der Waals surface area contributed by atoms with Crippen LogP contribution in [0.2, 0.25) is 0 Å². The topological polar surface area (TPSA) is 55.6 Å². The Balaban J connectivity index is 1.57.